The summed E-state index contributed by atoms with van der Waals surface area (Å²) in [6, 6.07) is 6.98. The van der Waals surface area contributed by atoms with Crippen molar-refractivity contribution in [1.82, 2.24) is 4.57 Å². The Labute approximate surface area is 194 Å². The Morgan fingerprint density at radius 3 is 2.06 bits per heavy atom. The molecule has 11 heteroatoms. The number of aldehydes is 1. The van der Waals surface area contributed by atoms with Crippen molar-refractivity contribution < 1.29 is 47.7 Å². The summed E-state index contributed by atoms with van der Waals surface area (Å²) in [6.45, 7) is 4.32. The first kappa shape index (κ1) is 24.9. The van der Waals surface area contributed by atoms with Crippen molar-refractivity contribution in [3.8, 4) is 0 Å². The zero-order valence-corrected chi connectivity index (χ0v) is 19.1. The first-order valence-electron chi connectivity index (χ1n) is 10.5. The van der Waals surface area contributed by atoms with Crippen LogP contribution in [0.5, 0.6) is 0 Å². The zero-order chi connectivity index (χ0) is 25.0. The Kier molecular flexibility index (Phi) is 7.67. The molecule has 0 radical (unpaired) electrons. The quantitative estimate of drug-likeness (QED) is 0.331. The molecule has 1 aliphatic rings. The Morgan fingerprint density at radius 1 is 0.882 bits per heavy atom. The number of esters is 4. The van der Waals surface area contributed by atoms with Gasteiger partial charge in [0.25, 0.3) is 0 Å². The molecule has 1 aliphatic heterocycles. The third kappa shape index (κ3) is 5.42. The Balaban J connectivity index is 2.17. The molecule has 1 aromatic heterocycles. The maximum absolute atomic E-state index is 12.0. The van der Waals surface area contributed by atoms with Crippen LogP contribution in [0.4, 0.5) is 0 Å². The molecule has 0 spiro atoms. The van der Waals surface area contributed by atoms with E-state index in [1.165, 1.54) is 13.1 Å². The van der Waals surface area contributed by atoms with Crippen LogP contribution in [-0.2, 0) is 42.9 Å². The van der Waals surface area contributed by atoms with Crippen LogP contribution in [0.1, 0.15) is 44.3 Å². The fourth-order valence-corrected chi connectivity index (χ4v) is 3.97. The maximum Gasteiger partial charge on any atom is 0.303 e. The molecule has 3 rings (SSSR count). The lowest BCUT2D eigenvalue weighted by Gasteiger charge is -2.44. The van der Waals surface area contributed by atoms with Crippen LogP contribution < -0.4 is 0 Å². The van der Waals surface area contributed by atoms with Gasteiger partial charge in [-0.05, 0) is 6.07 Å². The van der Waals surface area contributed by atoms with E-state index < -0.39 is 54.5 Å². The SMILES string of the molecule is CC(=O)OCC1OC(n2cc(C=O)c3ccccc32)C(OC(C)=O)C(OC(C)=O)C1OC(C)=O. The third-order valence-corrected chi connectivity index (χ3v) is 5.14. The van der Waals surface area contributed by atoms with E-state index in [0.717, 1.165) is 20.8 Å². The number of aromatic nitrogens is 1. The molecule has 5 atom stereocenters. The number of carbonyl (C=O) groups excluding carboxylic acids is 5. The monoisotopic (exact) mass is 475 g/mol. The molecule has 0 aliphatic carbocycles. The normalized spacial score (nSPS) is 24.2. The molecular weight excluding hydrogens is 450 g/mol. The van der Waals surface area contributed by atoms with Crippen molar-refractivity contribution in [2.45, 2.75) is 58.3 Å². The number of hydrogen-bond acceptors (Lipinski definition) is 10. The highest BCUT2D eigenvalue weighted by Gasteiger charge is 2.53. The summed E-state index contributed by atoms with van der Waals surface area (Å²) in [5.74, 6) is -2.75. The molecule has 11 nitrogen and oxygen atoms in total. The molecule has 34 heavy (non-hydrogen) atoms. The molecule has 2 aromatic rings. The van der Waals surface area contributed by atoms with Crippen LogP contribution >= 0.6 is 0 Å². The van der Waals surface area contributed by atoms with Crippen LogP contribution in [0.2, 0.25) is 0 Å². The van der Waals surface area contributed by atoms with Crippen molar-refractivity contribution in [3.63, 3.8) is 0 Å². The largest absolute Gasteiger partial charge is 0.463 e. The lowest BCUT2D eigenvalue weighted by molar-refractivity contribution is -0.267. The van der Waals surface area contributed by atoms with Crippen LogP contribution in [-0.4, -0.2) is 65.8 Å². The second-order valence-corrected chi connectivity index (χ2v) is 7.72. The highest BCUT2D eigenvalue weighted by molar-refractivity contribution is 5.97. The Bertz CT molecular complexity index is 1110. The van der Waals surface area contributed by atoms with Crippen LogP contribution in [0, 0.1) is 0 Å². The lowest BCUT2D eigenvalue weighted by atomic mass is 9.97. The fraction of sp³-hybridized carbons (Fsp3) is 0.435. The lowest BCUT2D eigenvalue weighted by Crippen LogP contribution is -2.60. The average Bonchev–Trinajstić information content (AvgIpc) is 3.13. The minimum absolute atomic E-state index is 0.339. The summed E-state index contributed by atoms with van der Waals surface area (Å²) < 4.78 is 29.1. The Hall–Kier alpha value is -3.73. The highest BCUT2D eigenvalue weighted by Crippen LogP contribution is 2.37. The summed E-state index contributed by atoms with van der Waals surface area (Å²) in [6.07, 6.45) is -3.86. The molecule has 1 fully saturated rings. The van der Waals surface area contributed by atoms with Gasteiger partial charge in [-0.15, -0.1) is 0 Å². The van der Waals surface area contributed by atoms with Gasteiger partial charge < -0.3 is 28.3 Å². The molecule has 182 valence electrons. The van der Waals surface area contributed by atoms with E-state index in [4.69, 9.17) is 23.7 Å². The molecule has 1 saturated heterocycles. The van der Waals surface area contributed by atoms with E-state index in [1.807, 2.05) is 0 Å². The van der Waals surface area contributed by atoms with Crippen LogP contribution in [0.15, 0.2) is 30.5 Å². The number of fused-ring (bicyclic) bond motifs is 1. The van der Waals surface area contributed by atoms with Crippen molar-refractivity contribution in [2.75, 3.05) is 6.61 Å². The van der Waals surface area contributed by atoms with Gasteiger partial charge in [0.1, 0.15) is 12.7 Å². The zero-order valence-electron chi connectivity index (χ0n) is 19.1. The van der Waals surface area contributed by atoms with E-state index in [1.54, 1.807) is 28.8 Å². The van der Waals surface area contributed by atoms with Gasteiger partial charge in [0.2, 0.25) is 0 Å². The number of rotatable bonds is 7. The highest BCUT2D eigenvalue weighted by atomic mass is 16.7. The number of carbonyl (C=O) groups is 5. The molecule has 0 N–H and O–H groups in total. The molecule has 5 unspecified atom stereocenters. The number of nitrogens with zero attached hydrogens (tertiary/aromatic N) is 1. The van der Waals surface area contributed by atoms with E-state index in [2.05, 4.69) is 0 Å². The standard InChI is InChI=1S/C23H25NO10/c1-12(26)30-11-19-20(31-13(2)27)21(32-14(3)28)22(33-15(4)29)23(34-19)24-9-16(10-25)17-7-5-6-8-18(17)24/h5-10,19-23H,11H2,1-4H3. The van der Waals surface area contributed by atoms with Crippen LogP contribution in [0.3, 0.4) is 0 Å². The van der Waals surface area contributed by atoms with Crippen molar-refractivity contribution in [1.29, 1.82) is 0 Å². The van der Waals surface area contributed by atoms with E-state index in [0.29, 0.717) is 22.8 Å². The summed E-state index contributed by atoms with van der Waals surface area (Å²) in [5, 5.41) is 0.616. The van der Waals surface area contributed by atoms with Gasteiger partial charge in [-0.2, -0.15) is 0 Å². The second kappa shape index (κ2) is 10.5. The molecular formula is C23H25NO10. The van der Waals surface area contributed by atoms with Gasteiger partial charge in [-0.1, -0.05) is 18.2 Å². The number of benzene rings is 1. The minimum Gasteiger partial charge on any atom is -0.463 e. The topological polar surface area (TPSA) is 136 Å². The third-order valence-electron chi connectivity index (χ3n) is 5.14. The molecule has 0 saturated carbocycles. The summed E-state index contributed by atoms with van der Waals surface area (Å²) >= 11 is 0. The number of hydrogen-bond donors (Lipinski definition) is 0. The van der Waals surface area contributed by atoms with E-state index in [9.17, 15) is 24.0 Å². The smallest absolute Gasteiger partial charge is 0.303 e. The van der Waals surface area contributed by atoms with Gasteiger partial charge in [-0.25, -0.2) is 0 Å². The average molecular weight is 475 g/mol. The predicted molar refractivity (Wildman–Crippen MR) is 115 cm³/mol. The maximum atomic E-state index is 12.0. The molecule has 2 heterocycles. The summed E-state index contributed by atoms with van der Waals surface area (Å²) in [5.41, 5.74) is 0.925. The Morgan fingerprint density at radius 2 is 1.47 bits per heavy atom. The van der Waals surface area contributed by atoms with Crippen LogP contribution in [0.25, 0.3) is 10.9 Å². The molecule has 1 aromatic carbocycles. The summed E-state index contributed by atoms with van der Waals surface area (Å²) in [7, 11) is 0. The number of para-hydroxylation sites is 1. The molecule has 0 amide bonds. The van der Waals surface area contributed by atoms with Crippen molar-refractivity contribution >= 4 is 41.1 Å². The summed E-state index contributed by atoms with van der Waals surface area (Å²) in [4.78, 5) is 59.0. The first-order valence-corrected chi connectivity index (χ1v) is 10.5. The van der Waals surface area contributed by atoms with Gasteiger partial charge in [0, 0.05) is 44.8 Å². The van der Waals surface area contributed by atoms with E-state index in [-0.39, 0.29) is 6.61 Å². The van der Waals surface area contributed by atoms with E-state index >= 15 is 0 Å². The van der Waals surface area contributed by atoms with Crippen molar-refractivity contribution in [2.24, 2.45) is 0 Å². The minimum atomic E-state index is -1.30. The van der Waals surface area contributed by atoms with Gasteiger partial charge in [0.15, 0.2) is 30.8 Å². The predicted octanol–water partition coefficient (Wildman–Crippen LogP) is 1.71. The first-order chi connectivity index (χ1) is 16.1. The van der Waals surface area contributed by atoms with Gasteiger partial charge >= 0.3 is 23.9 Å². The second-order valence-electron chi connectivity index (χ2n) is 7.72. The molecule has 0 bridgehead atoms. The number of ether oxygens (including phenoxy) is 5. The van der Waals surface area contributed by atoms with Gasteiger partial charge in [0.05, 0.1) is 5.52 Å². The van der Waals surface area contributed by atoms with Crippen molar-refractivity contribution in [3.05, 3.63) is 36.0 Å². The fourth-order valence-electron chi connectivity index (χ4n) is 3.97. The van der Waals surface area contributed by atoms with Gasteiger partial charge in [-0.3, -0.25) is 24.0 Å².